The first-order valence-corrected chi connectivity index (χ1v) is 6.67. The summed E-state index contributed by atoms with van der Waals surface area (Å²) in [6.45, 7) is 5.58. The molecule has 0 spiro atoms. The molecule has 1 saturated heterocycles. The summed E-state index contributed by atoms with van der Waals surface area (Å²) < 4.78 is 0.550. The number of aromatic nitrogens is 2. The maximum atomic E-state index is 5.76. The van der Waals surface area contributed by atoms with Gasteiger partial charge in [-0.1, -0.05) is 24.7 Å². The van der Waals surface area contributed by atoms with Crippen molar-refractivity contribution in [2.45, 2.75) is 32.7 Å². The van der Waals surface area contributed by atoms with E-state index in [0.29, 0.717) is 4.47 Å². The highest BCUT2D eigenvalue weighted by molar-refractivity contribution is 7.15. The van der Waals surface area contributed by atoms with Crippen LogP contribution in [-0.2, 0) is 6.54 Å². The average molecular weight is 246 g/mol. The van der Waals surface area contributed by atoms with Crippen LogP contribution >= 0.6 is 22.9 Å². The Hall–Kier alpha value is -0.190. The number of piperidine rings is 1. The maximum absolute atomic E-state index is 5.76. The van der Waals surface area contributed by atoms with Crippen molar-refractivity contribution in [2.75, 3.05) is 13.1 Å². The molecule has 1 unspecified atom stereocenters. The Morgan fingerprint density at radius 1 is 1.53 bits per heavy atom. The van der Waals surface area contributed by atoms with Gasteiger partial charge in [-0.3, -0.25) is 4.90 Å². The van der Waals surface area contributed by atoms with Crippen molar-refractivity contribution >= 4 is 22.9 Å². The van der Waals surface area contributed by atoms with Gasteiger partial charge in [-0.25, -0.2) is 0 Å². The molecule has 0 amide bonds. The molecule has 1 aromatic rings. The third-order valence-electron chi connectivity index (χ3n) is 2.98. The third kappa shape index (κ3) is 3.13. The van der Waals surface area contributed by atoms with E-state index in [4.69, 9.17) is 11.6 Å². The minimum absolute atomic E-state index is 0.550. The van der Waals surface area contributed by atoms with Gasteiger partial charge in [0.05, 0.1) is 6.54 Å². The zero-order chi connectivity index (χ0) is 10.7. The van der Waals surface area contributed by atoms with E-state index < -0.39 is 0 Å². The Kier molecular flexibility index (Phi) is 3.94. The number of halogens is 1. The fraction of sp³-hybridized carbons (Fsp3) is 0.800. The summed E-state index contributed by atoms with van der Waals surface area (Å²) in [5.41, 5.74) is 0. The molecule has 84 valence electrons. The molecule has 1 aliphatic heterocycles. The number of nitrogens with zero attached hydrogens (tertiary/aromatic N) is 3. The maximum Gasteiger partial charge on any atom is 0.207 e. The van der Waals surface area contributed by atoms with Crippen LogP contribution in [0.2, 0.25) is 4.47 Å². The molecule has 0 aliphatic carbocycles. The second-order valence-electron chi connectivity index (χ2n) is 4.10. The molecule has 1 aliphatic rings. The van der Waals surface area contributed by atoms with Gasteiger partial charge in [0.2, 0.25) is 4.47 Å². The minimum Gasteiger partial charge on any atom is -0.296 e. The lowest BCUT2D eigenvalue weighted by Crippen LogP contribution is -2.34. The molecule has 1 fully saturated rings. The van der Waals surface area contributed by atoms with Crippen molar-refractivity contribution in [1.82, 2.24) is 15.1 Å². The summed E-state index contributed by atoms with van der Waals surface area (Å²) in [7, 11) is 0. The molecular formula is C10H16ClN3S. The lowest BCUT2D eigenvalue weighted by molar-refractivity contribution is 0.164. The van der Waals surface area contributed by atoms with Crippen LogP contribution < -0.4 is 0 Å². The number of hydrogen-bond donors (Lipinski definition) is 0. The van der Waals surface area contributed by atoms with E-state index in [9.17, 15) is 0 Å². The molecule has 1 aromatic heterocycles. The standard InChI is InChI=1S/C10H16ClN3S/c1-2-8-4-3-5-14(6-8)7-9-12-13-10(11)15-9/h8H,2-7H2,1H3. The van der Waals surface area contributed by atoms with E-state index in [1.165, 1.54) is 43.7 Å². The predicted molar refractivity (Wildman–Crippen MR) is 63.2 cm³/mol. The van der Waals surface area contributed by atoms with E-state index >= 15 is 0 Å². The van der Waals surface area contributed by atoms with Crippen LogP contribution in [0.1, 0.15) is 31.2 Å². The Morgan fingerprint density at radius 3 is 3.07 bits per heavy atom. The summed E-state index contributed by atoms with van der Waals surface area (Å²) >= 11 is 7.25. The van der Waals surface area contributed by atoms with Gasteiger partial charge in [-0.05, 0) is 36.9 Å². The summed E-state index contributed by atoms with van der Waals surface area (Å²) in [5.74, 6) is 0.863. The molecule has 0 N–H and O–H groups in total. The molecule has 5 heteroatoms. The SMILES string of the molecule is CCC1CCCN(Cc2nnc(Cl)s2)C1. The van der Waals surface area contributed by atoms with Crippen LogP contribution in [0.4, 0.5) is 0 Å². The van der Waals surface area contributed by atoms with Crippen molar-refractivity contribution < 1.29 is 0 Å². The molecule has 2 heterocycles. The lowest BCUT2D eigenvalue weighted by Gasteiger charge is -2.31. The molecular weight excluding hydrogens is 230 g/mol. The molecule has 3 nitrogen and oxygen atoms in total. The molecule has 0 radical (unpaired) electrons. The Balaban J connectivity index is 1.88. The predicted octanol–water partition coefficient (Wildman–Crippen LogP) is 2.81. The third-order valence-corrected chi connectivity index (χ3v) is 3.99. The normalized spacial score (nSPS) is 23.2. The molecule has 2 rings (SSSR count). The van der Waals surface area contributed by atoms with Gasteiger partial charge < -0.3 is 0 Å². The summed E-state index contributed by atoms with van der Waals surface area (Å²) in [4.78, 5) is 2.47. The van der Waals surface area contributed by atoms with Gasteiger partial charge in [0.1, 0.15) is 5.01 Å². The summed E-state index contributed by atoms with van der Waals surface area (Å²) in [6, 6.07) is 0. The highest BCUT2D eigenvalue weighted by atomic mass is 35.5. The average Bonchev–Trinajstić information content (AvgIpc) is 2.64. The Morgan fingerprint density at radius 2 is 2.40 bits per heavy atom. The summed E-state index contributed by atoms with van der Waals surface area (Å²) in [5, 5.41) is 8.92. The van der Waals surface area contributed by atoms with Gasteiger partial charge in [0, 0.05) is 6.54 Å². The monoisotopic (exact) mass is 245 g/mol. The number of rotatable bonds is 3. The molecule has 1 atom stereocenters. The van der Waals surface area contributed by atoms with Crippen molar-refractivity contribution in [3.63, 3.8) is 0 Å². The van der Waals surface area contributed by atoms with Gasteiger partial charge in [0.15, 0.2) is 0 Å². The van der Waals surface area contributed by atoms with E-state index in [-0.39, 0.29) is 0 Å². The Labute approximate surface area is 99.5 Å². The Bertz CT molecular complexity index is 315. The molecule has 0 bridgehead atoms. The smallest absolute Gasteiger partial charge is 0.207 e. The van der Waals surface area contributed by atoms with Crippen LogP contribution in [0.25, 0.3) is 0 Å². The first-order chi connectivity index (χ1) is 7.28. The minimum atomic E-state index is 0.550. The largest absolute Gasteiger partial charge is 0.296 e. The van der Waals surface area contributed by atoms with Crippen molar-refractivity contribution in [2.24, 2.45) is 5.92 Å². The van der Waals surface area contributed by atoms with Crippen molar-refractivity contribution in [3.8, 4) is 0 Å². The van der Waals surface area contributed by atoms with Gasteiger partial charge in [-0.2, -0.15) is 0 Å². The summed E-state index contributed by atoms with van der Waals surface area (Å²) in [6.07, 6.45) is 3.97. The van der Waals surface area contributed by atoms with Crippen LogP contribution in [0, 0.1) is 5.92 Å². The van der Waals surface area contributed by atoms with E-state index in [2.05, 4.69) is 22.0 Å². The topological polar surface area (TPSA) is 29.0 Å². The first kappa shape index (κ1) is 11.3. The van der Waals surface area contributed by atoms with Gasteiger partial charge in [-0.15, -0.1) is 10.2 Å². The zero-order valence-corrected chi connectivity index (χ0v) is 10.5. The number of likely N-dealkylation sites (tertiary alicyclic amines) is 1. The van der Waals surface area contributed by atoms with Gasteiger partial charge in [0.25, 0.3) is 0 Å². The molecule has 0 aromatic carbocycles. The van der Waals surface area contributed by atoms with Crippen LogP contribution in [-0.4, -0.2) is 28.2 Å². The fourth-order valence-corrected chi connectivity index (χ4v) is 3.03. The van der Waals surface area contributed by atoms with Crippen molar-refractivity contribution in [3.05, 3.63) is 9.47 Å². The van der Waals surface area contributed by atoms with Crippen LogP contribution in [0.3, 0.4) is 0 Å². The van der Waals surface area contributed by atoms with Gasteiger partial charge >= 0.3 is 0 Å². The first-order valence-electron chi connectivity index (χ1n) is 5.48. The van der Waals surface area contributed by atoms with E-state index in [0.717, 1.165) is 17.5 Å². The number of hydrogen-bond acceptors (Lipinski definition) is 4. The van der Waals surface area contributed by atoms with Crippen molar-refractivity contribution in [1.29, 1.82) is 0 Å². The van der Waals surface area contributed by atoms with Crippen LogP contribution in [0.15, 0.2) is 0 Å². The second kappa shape index (κ2) is 5.23. The lowest BCUT2D eigenvalue weighted by atomic mass is 9.96. The highest BCUT2D eigenvalue weighted by Gasteiger charge is 2.19. The van der Waals surface area contributed by atoms with E-state index in [1.54, 1.807) is 0 Å². The highest BCUT2D eigenvalue weighted by Crippen LogP contribution is 2.22. The fourth-order valence-electron chi connectivity index (χ4n) is 2.12. The second-order valence-corrected chi connectivity index (χ2v) is 5.74. The molecule has 15 heavy (non-hydrogen) atoms. The zero-order valence-electron chi connectivity index (χ0n) is 8.95. The van der Waals surface area contributed by atoms with Crippen LogP contribution in [0.5, 0.6) is 0 Å². The van der Waals surface area contributed by atoms with E-state index in [1.807, 2.05) is 0 Å². The quantitative estimate of drug-likeness (QED) is 0.820. The molecule has 0 saturated carbocycles.